The van der Waals surface area contributed by atoms with Crippen LogP contribution in [0.4, 0.5) is 0 Å². The fourth-order valence-electron chi connectivity index (χ4n) is 1.11. The van der Waals surface area contributed by atoms with Gasteiger partial charge in [-0.15, -0.1) is 0 Å². The molecule has 0 saturated carbocycles. The van der Waals surface area contributed by atoms with Crippen LogP contribution in [0.25, 0.3) is 0 Å². The first kappa shape index (κ1) is 10.9. The van der Waals surface area contributed by atoms with Gasteiger partial charge in [0.1, 0.15) is 6.73 Å². The molecule has 0 aromatic heterocycles. The van der Waals surface area contributed by atoms with Crippen molar-refractivity contribution in [1.29, 1.82) is 0 Å². The van der Waals surface area contributed by atoms with E-state index in [2.05, 4.69) is 20.8 Å². The van der Waals surface area contributed by atoms with E-state index in [4.69, 9.17) is 0 Å². The Morgan fingerprint density at radius 1 is 1.36 bits per heavy atom. The summed E-state index contributed by atoms with van der Waals surface area (Å²) in [5.74, 6) is 0.612. The average molecular weight is 158 g/mol. The van der Waals surface area contributed by atoms with Gasteiger partial charge in [-0.3, -0.25) is 4.90 Å². The van der Waals surface area contributed by atoms with Gasteiger partial charge in [-0.25, -0.2) is 5.11 Å². The molecule has 0 amide bonds. The van der Waals surface area contributed by atoms with E-state index in [1.54, 1.807) is 0 Å². The maximum absolute atomic E-state index is 10.6. The zero-order valence-electron chi connectivity index (χ0n) is 7.97. The molecule has 0 heterocycles. The second kappa shape index (κ2) is 6.62. The van der Waals surface area contributed by atoms with Crippen LogP contribution in [0, 0.1) is 5.92 Å². The van der Waals surface area contributed by atoms with Crippen molar-refractivity contribution in [3.63, 3.8) is 0 Å². The first-order valence-corrected chi connectivity index (χ1v) is 4.51. The van der Waals surface area contributed by atoms with Crippen LogP contribution < -0.4 is 0 Å². The van der Waals surface area contributed by atoms with Gasteiger partial charge in [0.2, 0.25) is 0 Å². The highest BCUT2D eigenvalue weighted by Crippen LogP contribution is 1.99. The molecule has 0 aliphatic heterocycles. The molecule has 2 heteroatoms. The fourth-order valence-corrected chi connectivity index (χ4v) is 1.11. The van der Waals surface area contributed by atoms with Gasteiger partial charge < -0.3 is 0 Å². The van der Waals surface area contributed by atoms with Crippen LogP contribution in [-0.2, 0) is 5.11 Å². The van der Waals surface area contributed by atoms with E-state index in [9.17, 15) is 5.11 Å². The molecule has 0 N–H and O–H groups in total. The molecule has 11 heavy (non-hydrogen) atoms. The second-order valence-corrected chi connectivity index (χ2v) is 3.45. The van der Waals surface area contributed by atoms with E-state index in [-0.39, 0.29) is 6.73 Å². The van der Waals surface area contributed by atoms with Gasteiger partial charge in [0.15, 0.2) is 0 Å². The van der Waals surface area contributed by atoms with Crippen LogP contribution in [0.3, 0.4) is 0 Å². The van der Waals surface area contributed by atoms with Gasteiger partial charge >= 0.3 is 0 Å². The Bertz CT molecular complexity index is 83.6. The van der Waals surface area contributed by atoms with Crippen molar-refractivity contribution < 1.29 is 5.11 Å². The molecule has 0 aromatic carbocycles. The van der Waals surface area contributed by atoms with E-state index in [0.29, 0.717) is 5.92 Å². The van der Waals surface area contributed by atoms with Crippen LogP contribution in [-0.4, -0.2) is 24.7 Å². The van der Waals surface area contributed by atoms with E-state index in [1.165, 1.54) is 6.42 Å². The zero-order chi connectivity index (χ0) is 8.69. The van der Waals surface area contributed by atoms with Crippen molar-refractivity contribution in [2.24, 2.45) is 5.92 Å². The number of hydrogen-bond acceptors (Lipinski definition) is 1. The monoisotopic (exact) mass is 158 g/mol. The SMILES string of the molecule is CCCCN(C[O])CC(C)C. The maximum atomic E-state index is 10.6. The summed E-state index contributed by atoms with van der Waals surface area (Å²) in [6.45, 7) is 8.32. The van der Waals surface area contributed by atoms with Crippen molar-refractivity contribution in [3.8, 4) is 0 Å². The zero-order valence-corrected chi connectivity index (χ0v) is 7.97. The minimum atomic E-state index is -0.0435. The van der Waals surface area contributed by atoms with Crippen molar-refractivity contribution >= 4 is 0 Å². The third-order valence-electron chi connectivity index (χ3n) is 1.63. The lowest BCUT2D eigenvalue weighted by Crippen LogP contribution is -2.29. The highest BCUT2D eigenvalue weighted by Gasteiger charge is 2.04. The summed E-state index contributed by atoms with van der Waals surface area (Å²) in [7, 11) is 0. The van der Waals surface area contributed by atoms with Crippen LogP contribution >= 0.6 is 0 Å². The highest BCUT2D eigenvalue weighted by atomic mass is 16.3. The molecular formula is C9H20NO. The molecule has 0 aliphatic rings. The highest BCUT2D eigenvalue weighted by molar-refractivity contribution is 4.55. The molecule has 0 fully saturated rings. The van der Waals surface area contributed by atoms with Gasteiger partial charge in [-0.1, -0.05) is 27.2 Å². The molecule has 0 aliphatic carbocycles. The summed E-state index contributed by atoms with van der Waals surface area (Å²) in [6, 6.07) is 0. The van der Waals surface area contributed by atoms with Crippen LogP contribution in [0.1, 0.15) is 33.6 Å². The minimum Gasteiger partial charge on any atom is -0.278 e. The van der Waals surface area contributed by atoms with Gasteiger partial charge in [0.25, 0.3) is 0 Å². The molecule has 0 aromatic rings. The Kier molecular flexibility index (Phi) is 6.57. The normalized spacial score (nSPS) is 11.5. The molecular weight excluding hydrogens is 138 g/mol. The van der Waals surface area contributed by atoms with Crippen molar-refractivity contribution in [3.05, 3.63) is 0 Å². The van der Waals surface area contributed by atoms with Gasteiger partial charge in [0, 0.05) is 13.1 Å². The summed E-state index contributed by atoms with van der Waals surface area (Å²) >= 11 is 0. The fraction of sp³-hybridized carbons (Fsp3) is 1.00. The summed E-state index contributed by atoms with van der Waals surface area (Å²) in [4.78, 5) is 1.98. The minimum absolute atomic E-state index is 0.0435. The quantitative estimate of drug-likeness (QED) is 0.543. The summed E-state index contributed by atoms with van der Waals surface area (Å²) < 4.78 is 0. The smallest absolute Gasteiger partial charge is 0.135 e. The third-order valence-corrected chi connectivity index (χ3v) is 1.63. The number of hydrogen-bond donors (Lipinski definition) is 0. The lowest BCUT2D eigenvalue weighted by atomic mass is 10.2. The average Bonchev–Trinajstić information content (AvgIpc) is 1.97. The van der Waals surface area contributed by atoms with Gasteiger partial charge in [0.05, 0.1) is 0 Å². The van der Waals surface area contributed by atoms with Crippen molar-refractivity contribution in [2.45, 2.75) is 33.6 Å². The van der Waals surface area contributed by atoms with Gasteiger partial charge in [-0.2, -0.15) is 0 Å². The third kappa shape index (κ3) is 6.32. The number of unbranched alkanes of at least 4 members (excludes halogenated alkanes) is 1. The predicted molar refractivity (Wildman–Crippen MR) is 46.9 cm³/mol. The first-order valence-electron chi connectivity index (χ1n) is 4.51. The topological polar surface area (TPSA) is 23.1 Å². The summed E-state index contributed by atoms with van der Waals surface area (Å²) in [5, 5.41) is 10.6. The summed E-state index contributed by atoms with van der Waals surface area (Å²) in [6.07, 6.45) is 2.32. The Morgan fingerprint density at radius 3 is 2.36 bits per heavy atom. The van der Waals surface area contributed by atoms with E-state index in [1.807, 2.05) is 4.90 Å². The second-order valence-electron chi connectivity index (χ2n) is 3.45. The molecule has 2 nitrogen and oxygen atoms in total. The Labute approximate surface area is 70.2 Å². The molecule has 0 saturated heterocycles. The Balaban J connectivity index is 3.41. The van der Waals surface area contributed by atoms with E-state index >= 15 is 0 Å². The standard InChI is InChI=1S/C9H20NO/c1-4-5-6-10(8-11)7-9(2)3/h9H,4-8H2,1-3H3. The number of rotatable bonds is 6. The molecule has 0 bridgehead atoms. The van der Waals surface area contributed by atoms with Crippen molar-refractivity contribution in [1.82, 2.24) is 4.90 Å². The van der Waals surface area contributed by atoms with Crippen molar-refractivity contribution in [2.75, 3.05) is 19.8 Å². The van der Waals surface area contributed by atoms with E-state index in [0.717, 1.165) is 19.5 Å². The largest absolute Gasteiger partial charge is 0.278 e. The van der Waals surface area contributed by atoms with E-state index < -0.39 is 0 Å². The molecule has 0 rings (SSSR count). The Hall–Kier alpha value is -0.0800. The molecule has 67 valence electrons. The molecule has 0 atom stereocenters. The maximum Gasteiger partial charge on any atom is 0.135 e. The van der Waals surface area contributed by atoms with Gasteiger partial charge in [-0.05, 0) is 12.3 Å². The number of nitrogens with zero attached hydrogens (tertiary/aromatic N) is 1. The Morgan fingerprint density at radius 2 is 2.00 bits per heavy atom. The van der Waals surface area contributed by atoms with Crippen LogP contribution in [0.2, 0.25) is 0 Å². The molecule has 0 unspecified atom stereocenters. The predicted octanol–water partition coefficient (Wildman–Crippen LogP) is 2.13. The van der Waals surface area contributed by atoms with Crippen LogP contribution in [0.5, 0.6) is 0 Å². The summed E-state index contributed by atoms with van der Waals surface area (Å²) in [5.41, 5.74) is 0. The molecule has 0 spiro atoms. The lowest BCUT2D eigenvalue weighted by molar-refractivity contribution is 0.0426. The first-order chi connectivity index (χ1) is 5.20. The molecule has 1 radical (unpaired) electrons. The van der Waals surface area contributed by atoms with Crippen LogP contribution in [0.15, 0.2) is 0 Å². The lowest BCUT2D eigenvalue weighted by Gasteiger charge is -2.19.